The summed E-state index contributed by atoms with van der Waals surface area (Å²) >= 11 is 0. The first-order valence-electron chi connectivity index (χ1n) is 5.42. The van der Waals surface area contributed by atoms with Gasteiger partial charge in [0.25, 0.3) is 0 Å². The fourth-order valence-corrected chi connectivity index (χ4v) is 1.52. The number of carbonyl (C=O) groups excluding carboxylic acids is 1. The second-order valence-corrected chi connectivity index (χ2v) is 4.11. The van der Waals surface area contributed by atoms with Gasteiger partial charge in [0.2, 0.25) is 5.91 Å². The molecule has 0 aromatic heterocycles. The second kappa shape index (κ2) is 5.65. The summed E-state index contributed by atoms with van der Waals surface area (Å²) in [5, 5.41) is 21.9. The van der Waals surface area contributed by atoms with Crippen molar-refractivity contribution >= 4 is 5.91 Å². The molecular weight excluding hydrogens is 220 g/mol. The number of aryl methyl sites for hydroxylation is 1. The minimum Gasteiger partial charge on any atom is -0.508 e. The zero-order valence-corrected chi connectivity index (χ0v) is 9.97. The van der Waals surface area contributed by atoms with Crippen LogP contribution in [0, 0.1) is 6.92 Å². The van der Waals surface area contributed by atoms with Crippen LogP contribution in [0.5, 0.6) is 5.75 Å². The van der Waals surface area contributed by atoms with Gasteiger partial charge in [-0.05, 0) is 25.5 Å². The van der Waals surface area contributed by atoms with Crippen LogP contribution in [0.1, 0.15) is 24.1 Å². The van der Waals surface area contributed by atoms with Gasteiger partial charge in [-0.1, -0.05) is 12.1 Å². The van der Waals surface area contributed by atoms with Crippen molar-refractivity contribution in [2.75, 3.05) is 6.54 Å². The molecule has 94 valence electrons. The molecule has 0 bridgehead atoms. The Morgan fingerprint density at radius 3 is 2.71 bits per heavy atom. The number of aliphatic hydroxyl groups excluding tert-OH is 1. The molecule has 0 spiro atoms. The predicted octanol–water partition coefficient (Wildman–Crippen LogP) is 0.197. The maximum atomic E-state index is 10.6. The number of nitrogens with one attached hydrogen (secondary N) is 1. The predicted molar refractivity (Wildman–Crippen MR) is 64.5 cm³/mol. The van der Waals surface area contributed by atoms with Crippen LogP contribution in [0.15, 0.2) is 18.2 Å². The van der Waals surface area contributed by atoms with Gasteiger partial charge in [-0.2, -0.15) is 0 Å². The van der Waals surface area contributed by atoms with E-state index in [2.05, 4.69) is 5.32 Å². The van der Waals surface area contributed by atoms with Gasteiger partial charge in [-0.3, -0.25) is 4.79 Å². The third-order valence-corrected chi connectivity index (χ3v) is 2.60. The molecule has 0 saturated carbocycles. The van der Waals surface area contributed by atoms with E-state index in [1.165, 1.54) is 0 Å². The van der Waals surface area contributed by atoms with Crippen molar-refractivity contribution in [3.8, 4) is 5.75 Å². The minimum atomic E-state index is -1.22. The summed E-state index contributed by atoms with van der Waals surface area (Å²) in [6.45, 7) is 3.78. The minimum absolute atomic E-state index is 0.0593. The van der Waals surface area contributed by atoms with Crippen molar-refractivity contribution in [2.24, 2.45) is 5.73 Å². The smallest absolute Gasteiger partial charge is 0.247 e. The highest BCUT2D eigenvalue weighted by atomic mass is 16.3. The number of phenolic OH excluding ortho intramolecular Hbond substituents is 1. The lowest BCUT2D eigenvalue weighted by Gasteiger charge is -2.17. The Bertz CT molecular complexity index is 407. The van der Waals surface area contributed by atoms with E-state index in [1.807, 2.05) is 19.9 Å². The van der Waals surface area contributed by atoms with Crippen LogP contribution in [0.25, 0.3) is 0 Å². The number of primary amides is 1. The number of benzene rings is 1. The lowest BCUT2D eigenvalue weighted by Crippen LogP contribution is -2.38. The fourth-order valence-electron chi connectivity index (χ4n) is 1.52. The molecule has 0 heterocycles. The summed E-state index contributed by atoms with van der Waals surface area (Å²) in [6.07, 6.45) is -1.22. The Labute approximate surface area is 100 Å². The molecule has 0 aliphatic rings. The number of amides is 1. The number of carbonyl (C=O) groups is 1. The van der Waals surface area contributed by atoms with Crippen LogP contribution < -0.4 is 11.1 Å². The number of phenols is 1. The number of aromatic hydroxyl groups is 1. The van der Waals surface area contributed by atoms with E-state index in [0.717, 1.165) is 5.56 Å². The van der Waals surface area contributed by atoms with Gasteiger partial charge in [-0.15, -0.1) is 0 Å². The topological polar surface area (TPSA) is 95.6 Å². The second-order valence-electron chi connectivity index (χ2n) is 4.11. The molecular formula is C12H18N2O3. The maximum Gasteiger partial charge on any atom is 0.247 e. The van der Waals surface area contributed by atoms with Crippen molar-refractivity contribution in [1.29, 1.82) is 0 Å². The van der Waals surface area contributed by atoms with Crippen molar-refractivity contribution in [1.82, 2.24) is 5.32 Å². The van der Waals surface area contributed by atoms with Crippen LogP contribution in [0.2, 0.25) is 0 Å². The Morgan fingerprint density at radius 1 is 1.53 bits per heavy atom. The average Bonchev–Trinajstić information content (AvgIpc) is 2.25. The highest BCUT2D eigenvalue weighted by Crippen LogP contribution is 2.24. The molecule has 0 aliphatic carbocycles. The first-order chi connectivity index (χ1) is 7.91. The number of aliphatic hydroxyl groups is 1. The van der Waals surface area contributed by atoms with Gasteiger partial charge >= 0.3 is 0 Å². The maximum absolute atomic E-state index is 10.6. The Balaban J connectivity index is 2.64. The van der Waals surface area contributed by atoms with E-state index in [-0.39, 0.29) is 18.3 Å². The fraction of sp³-hybridized carbons (Fsp3) is 0.417. The largest absolute Gasteiger partial charge is 0.508 e. The van der Waals surface area contributed by atoms with E-state index in [1.54, 1.807) is 12.1 Å². The summed E-state index contributed by atoms with van der Waals surface area (Å²) in [5.74, 6) is -0.573. The first-order valence-corrected chi connectivity index (χ1v) is 5.42. The summed E-state index contributed by atoms with van der Waals surface area (Å²) in [6, 6.07) is 5.18. The Morgan fingerprint density at radius 2 is 2.18 bits per heavy atom. The molecule has 0 fully saturated rings. The van der Waals surface area contributed by atoms with Crippen LogP contribution in [-0.4, -0.2) is 28.8 Å². The molecule has 5 heteroatoms. The van der Waals surface area contributed by atoms with E-state index >= 15 is 0 Å². The number of rotatable bonds is 5. The monoisotopic (exact) mass is 238 g/mol. The summed E-state index contributed by atoms with van der Waals surface area (Å²) in [7, 11) is 0. The molecule has 0 radical (unpaired) electrons. The van der Waals surface area contributed by atoms with Crippen LogP contribution in [0.4, 0.5) is 0 Å². The van der Waals surface area contributed by atoms with Gasteiger partial charge in [0.15, 0.2) is 0 Å². The van der Waals surface area contributed by atoms with Gasteiger partial charge in [0.1, 0.15) is 11.9 Å². The van der Waals surface area contributed by atoms with E-state index in [0.29, 0.717) is 5.56 Å². The van der Waals surface area contributed by atoms with Crippen molar-refractivity contribution in [3.05, 3.63) is 29.3 Å². The van der Waals surface area contributed by atoms with Gasteiger partial charge in [0.05, 0.1) is 0 Å². The third kappa shape index (κ3) is 3.72. The lowest BCUT2D eigenvalue weighted by atomic mass is 10.0. The quantitative estimate of drug-likeness (QED) is 0.589. The highest BCUT2D eigenvalue weighted by Gasteiger charge is 2.14. The number of hydrogen-bond acceptors (Lipinski definition) is 4. The molecule has 0 saturated heterocycles. The van der Waals surface area contributed by atoms with Gasteiger partial charge in [0, 0.05) is 18.2 Å². The molecule has 1 aromatic carbocycles. The van der Waals surface area contributed by atoms with E-state index < -0.39 is 12.0 Å². The van der Waals surface area contributed by atoms with Crippen LogP contribution in [-0.2, 0) is 4.79 Å². The number of nitrogens with two attached hydrogens (primary N) is 1. The Hall–Kier alpha value is -1.59. The lowest BCUT2D eigenvalue weighted by molar-refractivity contribution is -0.125. The van der Waals surface area contributed by atoms with Crippen LogP contribution in [0.3, 0.4) is 0 Å². The van der Waals surface area contributed by atoms with Crippen LogP contribution >= 0.6 is 0 Å². The molecule has 2 atom stereocenters. The van der Waals surface area contributed by atoms with Gasteiger partial charge < -0.3 is 21.3 Å². The van der Waals surface area contributed by atoms with Crippen molar-refractivity contribution in [3.63, 3.8) is 0 Å². The zero-order valence-electron chi connectivity index (χ0n) is 9.97. The van der Waals surface area contributed by atoms with Crippen molar-refractivity contribution < 1.29 is 15.0 Å². The van der Waals surface area contributed by atoms with Gasteiger partial charge in [-0.25, -0.2) is 0 Å². The SMILES string of the molecule is Cc1ccc(C(C)NCC(O)C(N)=O)c(O)c1. The van der Waals surface area contributed by atoms with E-state index in [9.17, 15) is 15.0 Å². The van der Waals surface area contributed by atoms with E-state index in [4.69, 9.17) is 5.73 Å². The first kappa shape index (κ1) is 13.5. The summed E-state index contributed by atoms with van der Waals surface area (Å²) < 4.78 is 0. The zero-order chi connectivity index (χ0) is 13.0. The molecule has 1 rings (SSSR count). The molecule has 0 aliphatic heterocycles. The summed E-state index contributed by atoms with van der Waals surface area (Å²) in [4.78, 5) is 10.6. The average molecular weight is 238 g/mol. The Kier molecular flexibility index (Phi) is 4.48. The third-order valence-electron chi connectivity index (χ3n) is 2.60. The highest BCUT2D eigenvalue weighted by molar-refractivity contribution is 5.78. The standard InChI is InChI=1S/C12H18N2O3/c1-7-3-4-9(10(15)5-7)8(2)14-6-11(16)12(13)17/h3-5,8,11,14-16H,6H2,1-2H3,(H2,13,17). The molecule has 1 amide bonds. The summed E-state index contributed by atoms with van der Waals surface area (Å²) in [5.41, 5.74) is 6.62. The molecule has 1 aromatic rings. The molecule has 5 nitrogen and oxygen atoms in total. The molecule has 2 unspecified atom stereocenters. The molecule has 17 heavy (non-hydrogen) atoms. The van der Waals surface area contributed by atoms with Crippen molar-refractivity contribution in [2.45, 2.75) is 26.0 Å². The normalized spacial score (nSPS) is 14.3. The molecule has 5 N–H and O–H groups in total. The number of hydrogen-bond donors (Lipinski definition) is 4.